The van der Waals surface area contributed by atoms with E-state index in [-0.39, 0.29) is 18.4 Å². The van der Waals surface area contributed by atoms with Crippen LogP contribution in [0.4, 0.5) is 0 Å². The van der Waals surface area contributed by atoms with Crippen molar-refractivity contribution in [3.8, 4) is 22.5 Å². The molecule has 0 unspecified atom stereocenters. The predicted molar refractivity (Wildman–Crippen MR) is 120 cm³/mol. The van der Waals surface area contributed by atoms with Crippen LogP contribution in [0, 0.1) is 5.92 Å². The number of amides is 1. The Labute approximate surface area is 187 Å². The first-order valence-electron chi connectivity index (χ1n) is 10.8. The standard InChI is InChI=1S/C24H29N5O3/c1-4-5-10-21(30)29(22(16(2)3)24(31)32)15-17-11-13-18(14-12-17)19-8-6-7-9-20(19)23-25-27-28-26-23/h6-9,11-14,16,22H,4-5,10,15H2,1-3H3,(H2,25,26,27,28,31,32)/p-1/t22-/m0/s1. The van der Waals surface area contributed by atoms with Crippen LogP contribution >= 0.6 is 0 Å². The van der Waals surface area contributed by atoms with Crippen LogP contribution in [-0.2, 0) is 16.1 Å². The molecule has 1 heterocycles. The van der Waals surface area contributed by atoms with E-state index in [2.05, 4.69) is 20.6 Å². The van der Waals surface area contributed by atoms with E-state index in [1.165, 1.54) is 4.90 Å². The van der Waals surface area contributed by atoms with Crippen molar-refractivity contribution in [2.45, 2.75) is 52.6 Å². The van der Waals surface area contributed by atoms with Crippen LogP contribution in [0.1, 0.15) is 45.6 Å². The maximum Gasteiger partial charge on any atom is 0.326 e. The topological polar surface area (TPSA) is 110 Å². The molecule has 8 heteroatoms. The molecule has 3 aromatic rings. The molecule has 0 spiro atoms. The quantitative estimate of drug-likeness (QED) is 0.517. The smallest absolute Gasteiger partial charge is 0.326 e. The third-order valence-corrected chi connectivity index (χ3v) is 5.39. The van der Waals surface area contributed by atoms with Crippen LogP contribution in [0.15, 0.2) is 48.5 Å². The molecule has 0 saturated carbocycles. The first-order valence-corrected chi connectivity index (χ1v) is 10.8. The molecule has 0 fully saturated rings. The summed E-state index contributed by atoms with van der Waals surface area (Å²) < 4.78 is 0. The van der Waals surface area contributed by atoms with Gasteiger partial charge in [0.05, 0.1) is 0 Å². The van der Waals surface area contributed by atoms with E-state index in [0.717, 1.165) is 35.1 Å². The molecule has 8 nitrogen and oxygen atoms in total. The second kappa shape index (κ2) is 10.7. The minimum atomic E-state index is -0.979. The maximum absolute atomic E-state index is 12.9. The van der Waals surface area contributed by atoms with Gasteiger partial charge < -0.3 is 15.1 Å². The number of aromatic nitrogens is 4. The fraction of sp³-hybridized carbons (Fsp3) is 0.375. The molecule has 1 N–H and O–H groups in total. The summed E-state index contributed by atoms with van der Waals surface area (Å²) in [5.41, 5.74) is 3.59. The summed E-state index contributed by atoms with van der Waals surface area (Å²) in [5, 5.41) is 24.8. The first-order chi connectivity index (χ1) is 15.4. The van der Waals surface area contributed by atoms with Gasteiger partial charge in [0.2, 0.25) is 5.91 Å². The Bertz CT molecular complexity index is 1030. The molecule has 0 saturated heterocycles. The molecule has 1 atom stereocenters. The lowest BCUT2D eigenvalue weighted by molar-refractivity contribution is -0.153. The summed E-state index contributed by atoms with van der Waals surface area (Å²) in [5.74, 6) is -0.849. The van der Waals surface area contributed by atoms with Gasteiger partial charge in [-0.1, -0.05) is 75.7 Å². The van der Waals surface area contributed by atoms with Gasteiger partial charge in [-0.3, -0.25) is 15.1 Å². The van der Waals surface area contributed by atoms with E-state index in [1.54, 1.807) is 0 Å². The van der Waals surface area contributed by atoms with E-state index in [0.29, 0.717) is 12.2 Å². The molecule has 168 valence electrons. The van der Waals surface area contributed by atoms with Crippen LogP contribution in [-0.4, -0.2) is 43.5 Å². The molecule has 1 aromatic heterocycles. The molecule has 0 aliphatic carbocycles. The minimum absolute atomic E-state index is 0.129. The van der Waals surface area contributed by atoms with Crippen molar-refractivity contribution in [2.75, 3.05) is 0 Å². The van der Waals surface area contributed by atoms with E-state index in [1.807, 2.05) is 69.3 Å². The van der Waals surface area contributed by atoms with Crippen molar-refractivity contribution in [3.05, 3.63) is 54.1 Å². The Balaban J connectivity index is 1.87. The number of unbranched alkanes of at least 4 members (excludes halogenated alkanes) is 1. The Morgan fingerprint density at radius 2 is 1.75 bits per heavy atom. The maximum atomic E-state index is 12.9. The molecule has 32 heavy (non-hydrogen) atoms. The fourth-order valence-corrected chi connectivity index (χ4v) is 3.76. The van der Waals surface area contributed by atoms with Crippen molar-refractivity contribution < 1.29 is 14.7 Å². The molecule has 1 amide bonds. The average Bonchev–Trinajstić information content (AvgIpc) is 3.32. The monoisotopic (exact) mass is 434 g/mol. The molecule has 0 aliphatic heterocycles. The molecular formula is C24H28N5O3-. The van der Waals surface area contributed by atoms with Gasteiger partial charge in [-0.25, -0.2) is 4.79 Å². The largest absolute Gasteiger partial charge is 0.480 e. The number of aliphatic carboxylic acids is 1. The Hall–Kier alpha value is -3.55. The number of rotatable bonds is 10. The SMILES string of the molecule is CCCCC(=O)N(Cc1ccc(-c2ccccc2-c2nnn[n-]2)cc1)[C@H](C(=O)O)C(C)C. The lowest BCUT2D eigenvalue weighted by Crippen LogP contribution is -2.47. The normalized spacial score (nSPS) is 12.0. The lowest BCUT2D eigenvalue weighted by atomic mass is 9.97. The van der Waals surface area contributed by atoms with Gasteiger partial charge in [-0.2, -0.15) is 5.21 Å². The number of benzene rings is 2. The first kappa shape index (κ1) is 23.1. The van der Waals surface area contributed by atoms with Gasteiger partial charge in [0, 0.05) is 18.8 Å². The van der Waals surface area contributed by atoms with E-state index in [9.17, 15) is 14.7 Å². The third-order valence-electron chi connectivity index (χ3n) is 5.39. The highest BCUT2D eigenvalue weighted by molar-refractivity contribution is 5.84. The molecule has 0 aliphatic rings. The summed E-state index contributed by atoms with van der Waals surface area (Å²) in [7, 11) is 0. The summed E-state index contributed by atoms with van der Waals surface area (Å²) in [6.07, 6.45) is 1.97. The zero-order valence-corrected chi connectivity index (χ0v) is 18.6. The fourth-order valence-electron chi connectivity index (χ4n) is 3.76. The van der Waals surface area contributed by atoms with E-state index >= 15 is 0 Å². The van der Waals surface area contributed by atoms with Gasteiger partial charge in [-0.05, 0) is 34.6 Å². The van der Waals surface area contributed by atoms with Gasteiger partial charge in [0.15, 0.2) is 0 Å². The summed E-state index contributed by atoms with van der Waals surface area (Å²) in [6, 6.07) is 14.6. The van der Waals surface area contributed by atoms with E-state index in [4.69, 9.17) is 0 Å². The van der Waals surface area contributed by atoms with Crippen molar-refractivity contribution in [1.82, 2.24) is 25.5 Å². The number of hydrogen-bond donors (Lipinski definition) is 1. The summed E-state index contributed by atoms with van der Waals surface area (Å²) in [4.78, 5) is 26.3. The molecule has 0 bridgehead atoms. The van der Waals surface area contributed by atoms with Gasteiger partial charge in [0.1, 0.15) is 6.04 Å². The zero-order valence-electron chi connectivity index (χ0n) is 18.6. The van der Waals surface area contributed by atoms with Crippen molar-refractivity contribution in [3.63, 3.8) is 0 Å². The highest BCUT2D eigenvalue weighted by Crippen LogP contribution is 2.30. The summed E-state index contributed by atoms with van der Waals surface area (Å²) in [6.45, 7) is 5.92. The second-order valence-corrected chi connectivity index (χ2v) is 8.10. The number of nitrogens with zero attached hydrogens (tertiary/aromatic N) is 5. The van der Waals surface area contributed by atoms with E-state index < -0.39 is 12.0 Å². The highest BCUT2D eigenvalue weighted by atomic mass is 16.4. The summed E-state index contributed by atoms with van der Waals surface area (Å²) >= 11 is 0. The third kappa shape index (κ3) is 5.38. The molecule has 2 aromatic carbocycles. The lowest BCUT2D eigenvalue weighted by Gasteiger charge is -2.32. The van der Waals surface area contributed by atoms with Crippen molar-refractivity contribution in [1.29, 1.82) is 0 Å². The number of hydrogen-bond acceptors (Lipinski definition) is 5. The number of carboxylic acid groups (broad SMARTS) is 1. The number of carbonyl (C=O) groups excluding carboxylic acids is 1. The molecule has 3 rings (SSSR count). The van der Waals surface area contributed by atoms with Gasteiger partial charge in [-0.15, -0.1) is 0 Å². The van der Waals surface area contributed by atoms with Crippen LogP contribution in [0.5, 0.6) is 0 Å². The zero-order chi connectivity index (χ0) is 23.1. The van der Waals surface area contributed by atoms with Gasteiger partial charge in [0.25, 0.3) is 0 Å². The Morgan fingerprint density at radius 3 is 2.31 bits per heavy atom. The highest BCUT2D eigenvalue weighted by Gasteiger charge is 2.32. The Kier molecular flexibility index (Phi) is 7.70. The Morgan fingerprint density at radius 1 is 1.06 bits per heavy atom. The van der Waals surface area contributed by atoms with Crippen LogP contribution in [0.2, 0.25) is 0 Å². The van der Waals surface area contributed by atoms with Gasteiger partial charge >= 0.3 is 5.97 Å². The van der Waals surface area contributed by atoms with Crippen LogP contribution in [0.25, 0.3) is 22.5 Å². The molecular weight excluding hydrogens is 406 g/mol. The minimum Gasteiger partial charge on any atom is -0.480 e. The number of tetrazole rings is 1. The molecule has 0 radical (unpaired) electrons. The van der Waals surface area contributed by atoms with Crippen LogP contribution in [0.3, 0.4) is 0 Å². The number of carboxylic acids is 1. The van der Waals surface area contributed by atoms with Crippen LogP contribution < -0.4 is 5.10 Å². The second-order valence-electron chi connectivity index (χ2n) is 8.10. The number of carbonyl (C=O) groups is 2. The van der Waals surface area contributed by atoms with Crippen molar-refractivity contribution in [2.24, 2.45) is 5.92 Å². The predicted octanol–water partition coefficient (Wildman–Crippen LogP) is 3.79. The average molecular weight is 435 g/mol. The van der Waals surface area contributed by atoms with Crippen molar-refractivity contribution >= 4 is 11.9 Å².